The Labute approximate surface area is 123 Å². The second-order valence-electron chi connectivity index (χ2n) is 4.93. The molecule has 1 aromatic carbocycles. The molecule has 1 atom stereocenters. The number of hydrogen-bond acceptors (Lipinski definition) is 4. The third kappa shape index (κ3) is 4.13. The van der Waals surface area contributed by atoms with Gasteiger partial charge >= 0.3 is 0 Å². The summed E-state index contributed by atoms with van der Waals surface area (Å²) >= 11 is 0. The van der Waals surface area contributed by atoms with Crippen LogP contribution in [0.1, 0.15) is 36.5 Å². The number of aromatic nitrogens is 3. The Morgan fingerprint density at radius 2 is 2.10 bits per heavy atom. The van der Waals surface area contributed by atoms with E-state index in [0.717, 1.165) is 17.8 Å². The molecule has 0 aliphatic rings. The number of carbonyl (C=O) groups is 1. The molecule has 0 saturated carbocycles. The molecular weight excluding hydrogens is 268 g/mol. The van der Waals surface area contributed by atoms with E-state index in [9.17, 15) is 4.79 Å². The molecule has 0 spiro atoms. The average Bonchev–Trinajstić information content (AvgIpc) is 2.96. The van der Waals surface area contributed by atoms with Gasteiger partial charge in [-0.05, 0) is 25.5 Å². The number of hydrogen-bond donors (Lipinski definition) is 3. The van der Waals surface area contributed by atoms with E-state index in [1.807, 2.05) is 19.1 Å². The summed E-state index contributed by atoms with van der Waals surface area (Å²) < 4.78 is 0. The Bertz CT molecular complexity index is 590. The summed E-state index contributed by atoms with van der Waals surface area (Å²) in [5.41, 5.74) is 1.45. The predicted octanol–water partition coefficient (Wildman–Crippen LogP) is 1.53. The molecule has 0 aliphatic heterocycles. The van der Waals surface area contributed by atoms with Crippen molar-refractivity contribution in [2.75, 3.05) is 6.54 Å². The lowest BCUT2D eigenvalue weighted by atomic mass is 10.1. The largest absolute Gasteiger partial charge is 0.393 e. The average molecular weight is 288 g/mol. The number of aliphatic hydroxyl groups excluding tert-OH is 1. The first kappa shape index (κ1) is 15.2. The fraction of sp³-hybridized carbons (Fsp3) is 0.400. The zero-order valence-corrected chi connectivity index (χ0v) is 12.3. The maximum absolute atomic E-state index is 11.9. The van der Waals surface area contributed by atoms with Crippen LogP contribution in [0.15, 0.2) is 24.3 Å². The van der Waals surface area contributed by atoms with E-state index in [1.165, 1.54) is 0 Å². The molecule has 0 saturated heterocycles. The standard InChI is InChI=1S/C15H20N4O2/c1-3-13-17-14(19-18-13)11-4-6-12(7-5-11)15(21)16-9-8-10(2)20/h4-7,10,20H,3,8-9H2,1-2H3,(H,16,21)(H,17,18,19). The molecule has 3 N–H and O–H groups in total. The summed E-state index contributed by atoms with van der Waals surface area (Å²) in [6.07, 6.45) is 0.934. The molecule has 112 valence electrons. The summed E-state index contributed by atoms with van der Waals surface area (Å²) in [6.45, 7) is 4.16. The molecule has 2 rings (SSSR count). The highest BCUT2D eigenvalue weighted by atomic mass is 16.3. The molecule has 1 aromatic heterocycles. The van der Waals surface area contributed by atoms with Crippen molar-refractivity contribution in [2.24, 2.45) is 0 Å². The van der Waals surface area contributed by atoms with E-state index in [2.05, 4.69) is 20.5 Å². The maximum Gasteiger partial charge on any atom is 0.251 e. The quantitative estimate of drug-likeness (QED) is 0.752. The fourth-order valence-electron chi connectivity index (χ4n) is 1.85. The Morgan fingerprint density at radius 1 is 1.38 bits per heavy atom. The van der Waals surface area contributed by atoms with E-state index < -0.39 is 6.10 Å². The topological polar surface area (TPSA) is 90.9 Å². The van der Waals surface area contributed by atoms with Gasteiger partial charge in [-0.3, -0.25) is 9.89 Å². The van der Waals surface area contributed by atoms with Gasteiger partial charge in [-0.15, -0.1) is 0 Å². The van der Waals surface area contributed by atoms with Crippen molar-refractivity contribution in [1.29, 1.82) is 0 Å². The number of carbonyl (C=O) groups excluding carboxylic acids is 1. The third-order valence-electron chi connectivity index (χ3n) is 3.12. The molecule has 6 nitrogen and oxygen atoms in total. The third-order valence-corrected chi connectivity index (χ3v) is 3.12. The number of nitrogens with zero attached hydrogens (tertiary/aromatic N) is 2. The van der Waals surface area contributed by atoms with Gasteiger partial charge in [0, 0.05) is 24.1 Å². The van der Waals surface area contributed by atoms with E-state index in [-0.39, 0.29) is 5.91 Å². The van der Waals surface area contributed by atoms with Crippen molar-refractivity contribution in [1.82, 2.24) is 20.5 Å². The fourth-order valence-corrected chi connectivity index (χ4v) is 1.85. The first-order valence-corrected chi connectivity index (χ1v) is 7.08. The summed E-state index contributed by atoms with van der Waals surface area (Å²) in [6, 6.07) is 7.14. The van der Waals surface area contributed by atoms with Crippen LogP contribution in [0.2, 0.25) is 0 Å². The van der Waals surface area contributed by atoms with Gasteiger partial charge in [-0.25, -0.2) is 4.98 Å². The number of nitrogens with one attached hydrogen (secondary N) is 2. The lowest BCUT2D eigenvalue weighted by Gasteiger charge is -2.07. The van der Waals surface area contributed by atoms with Gasteiger partial charge < -0.3 is 10.4 Å². The van der Waals surface area contributed by atoms with Gasteiger partial charge in [0.25, 0.3) is 5.91 Å². The first-order valence-electron chi connectivity index (χ1n) is 7.08. The van der Waals surface area contributed by atoms with Crippen LogP contribution in [0, 0.1) is 0 Å². The van der Waals surface area contributed by atoms with Gasteiger partial charge in [-0.2, -0.15) is 5.10 Å². The van der Waals surface area contributed by atoms with Crippen LogP contribution in [0.25, 0.3) is 11.4 Å². The van der Waals surface area contributed by atoms with Crippen molar-refractivity contribution in [2.45, 2.75) is 32.8 Å². The number of amides is 1. The molecule has 1 unspecified atom stereocenters. The van der Waals surface area contributed by atoms with Gasteiger partial charge in [0.15, 0.2) is 5.82 Å². The van der Waals surface area contributed by atoms with Crippen molar-refractivity contribution >= 4 is 5.91 Å². The number of H-pyrrole nitrogens is 1. The lowest BCUT2D eigenvalue weighted by molar-refractivity contribution is 0.0945. The summed E-state index contributed by atoms with van der Waals surface area (Å²) in [5, 5.41) is 18.9. The molecule has 0 radical (unpaired) electrons. The highest BCUT2D eigenvalue weighted by molar-refractivity contribution is 5.94. The highest BCUT2D eigenvalue weighted by Gasteiger charge is 2.08. The van der Waals surface area contributed by atoms with Crippen LogP contribution < -0.4 is 5.32 Å². The minimum atomic E-state index is -0.411. The first-order chi connectivity index (χ1) is 10.1. The zero-order chi connectivity index (χ0) is 15.2. The summed E-state index contributed by atoms with van der Waals surface area (Å²) in [5.74, 6) is 1.32. The molecule has 6 heteroatoms. The van der Waals surface area contributed by atoms with Gasteiger partial charge in [0.1, 0.15) is 5.82 Å². The number of aromatic amines is 1. The van der Waals surface area contributed by atoms with Crippen molar-refractivity contribution in [3.05, 3.63) is 35.7 Å². The number of benzene rings is 1. The van der Waals surface area contributed by atoms with Crippen LogP contribution in [0.4, 0.5) is 0 Å². The Kier molecular flexibility index (Phi) is 5.05. The molecule has 0 bridgehead atoms. The Morgan fingerprint density at radius 3 is 2.67 bits per heavy atom. The molecule has 0 fully saturated rings. The molecule has 1 heterocycles. The van der Waals surface area contributed by atoms with Crippen LogP contribution >= 0.6 is 0 Å². The number of aliphatic hydroxyl groups is 1. The second kappa shape index (κ2) is 6.99. The molecule has 2 aromatic rings. The van der Waals surface area contributed by atoms with E-state index in [0.29, 0.717) is 24.4 Å². The maximum atomic E-state index is 11.9. The molecule has 1 amide bonds. The monoisotopic (exact) mass is 288 g/mol. The van der Waals surface area contributed by atoms with Crippen LogP contribution in [-0.4, -0.2) is 38.8 Å². The van der Waals surface area contributed by atoms with Crippen molar-refractivity contribution < 1.29 is 9.90 Å². The highest BCUT2D eigenvalue weighted by Crippen LogP contribution is 2.15. The van der Waals surface area contributed by atoms with Gasteiger partial charge in [0.05, 0.1) is 6.10 Å². The summed E-state index contributed by atoms with van der Waals surface area (Å²) in [7, 11) is 0. The molecule has 21 heavy (non-hydrogen) atoms. The Hall–Kier alpha value is -2.21. The normalized spacial score (nSPS) is 12.1. The van der Waals surface area contributed by atoms with E-state index in [4.69, 9.17) is 5.11 Å². The SMILES string of the molecule is CCc1nc(-c2ccc(C(=O)NCCC(C)O)cc2)n[nH]1. The minimum Gasteiger partial charge on any atom is -0.393 e. The van der Waals surface area contributed by atoms with Gasteiger partial charge in [0.2, 0.25) is 0 Å². The smallest absolute Gasteiger partial charge is 0.251 e. The van der Waals surface area contributed by atoms with Crippen LogP contribution in [0.5, 0.6) is 0 Å². The van der Waals surface area contributed by atoms with Gasteiger partial charge in [-0.1, -0.05) is 19.1 Å². The molecular formula is C15H20N4O2. The van der Waals surface area contributed by atoms with Crippen molar-refractivity contribution in [3.63, 3.8) is 0 Å². The van der Waals surface area contributed by atoms with Crippen molar-refractivity contribution in [3.8, 4) is 11.4 Å². The number of rotatable bonds is 6. The predicted molar refractivity (Wildman–Crippen MR) is 79.8 cm³/mol. The zero-order valence-electron chi connectivity index (χ0n) is 12.3. The van der Waals surface area contributed by atoms with Crippen LogP contribution in [0.3, 0.4) is 0 Å². The van der Waals surface area contributed by atoms with E-state index >= 15 is 0 Å². The molecule has 0 aliphatic carbocycles. The Balaban J connectivity index is 1.99. The lowest BCUT2D eigenvalue weighted by Crippen LogP contribution is -2.26. The minimum absolute atomic E-state index is 0.147. The summed E-state index contributed by atoms with van der Waals surface area (Å²) in [4.78, 5) is 16.2. The second-order valence-corrected chi connectivity index (χ2v) is 4.93. The van der Waals surface area contributed by atoms with E-state index in [1.54, 1.807) is 19.1 Å². The number of aryl methyl sites for hydroxylation is 1. The van der Waals surface area contributed by atoms with Crippen LogP contribution in [-0.2, 0) is 6.42 Å².